The standard InChI is InChI=1S/C17H23F3N4O3S/c18-17(19,20)14-12(15(25)24-3-5-28(26,27)6-4-24)9-21-16(23-14)22-13-8-10-1-2-11(13)7-10/h9-11,13,26-27H,1-8H2,(H,21,22,23)/t10-,11+,13+/m1/s1. The van der Waals surface area contributed by atoms with Crippen molar-refractivity contribution < 1.29 is 27.1 Å². The van der Waals surface area contributed by atoms with Crippen LogP contribution in [0.4, 0.5) is 19.1 Å². The molecule has 3 N–H and O–H groups in total. The maximum atomic E-state index is 13.6. The molecular formula is C17H23F3N4O3S. The van der Waals surface area contributed by atoms with Gasteiger partial charge in [0.05, 0.1) is 17.1 Å². The fraction of sp³-hybridized carbons (Fsp3) is 0.706. The van der Waals surface area contributed by atoms with Crippen LogP contribution in [0.3, 0.4) is 0 Å². The third-order valence-corrected chi connectivity index (χ3v) is 7.68. The van der Waals surface area contributed by atoms with Crippen LogP contribution in [0.1, 0.15) is 41.7 Å². The van der Waals surface area contributed by atoms with Crippen LogP contribution < -0.4 is 5.32 Å². The first-order chi connectivity index (χ1) is 13.1. The maximum Gasteiger partial charge on any atom is 0.434 e. The van der Waals surface area contributed by atoms with Gasteiger partial charge in [-0.2, -0.15) is 23.8 Å². The van der Waals surface area contributed by atoms with Crippen LogP contribution in [0.25, 0.3) is 0 Å². The van der Waals surface area contributed by atoms with Crippen molar-refractivity contribution in [1.29, 1.82) is 0 Å². The minimum atomic E-state index is -4.79. The molecule has 0 spiro atoms. The number of fused-ring (bicyclic) bond motifs is 2. The summed E-state index contributed by atoms with van der Waals surface area (Å²) in [5.41, 5.74) is -1.86. The maximum absolute atomic E-state index is 13.6. The Bertz CT molecular complexity index is 767. The van der Waals surface area contributed by atoms with Crippen LogP contribution in [0.2, 0.25) is 0 Å². The molecule has 1 saturated heterocycles. The number of hydrogen-bond donors (Lipinski definition) is 3. The van der Waals surface area contributed by atoms with Crippen molar-refractivity contribution in [3.8, 4) is 0 Å². The van der Waals surface area contributed by atoms with Gasteiger partial charge in [-0.05, 0) is 31.1 Å². The number of alkyl halides is 3. The van der Waals surface area contributed by atoms with Crippen molar-refractivity contribution >= 4 is 22.4 Å². The van der Waals surface area contributed by atoms with Crippen molar-refractivity contribution in [3.05, 3.63) is 17.5 Å². The van der Waals surface area contributed by atoms with E-state index in [1.54, 1.807) is 0 Å². The Morgan fingerprint density at radius 2 is 1.93 bits per heavy atom. The predicted octanol–water partition coefficient (Wildman–Crippen LogP) is 3.30. The van der Waals surface area contributed by atoms with E-state index in [0.29, 0.717) is 11.8 Å². The highest BCUT2D eigenvalue weighted by Crippen LogP contribution is 2.45. The molecule has 1 aromatic rings. The number of hydrogen-bond acceptors (Lipinski definition) is 6. The van der Waals surface area contributed by atoms with Crippen LogP contribution in [0.15, 0.2) is 6.20 Å². The molecule has 2 bridgehead atoms. The fourth-order valence-electron chi connectivity index (χ4n) is 4.51. The summed E-state index contributed by atoms with van der Waals surface area (Å²) >= 11 is 0. The average molecular weight is 420 g/mol. The van der Waals surface area contributed by atoms with Crippen LogP contribution in [-0.4, -0.2) is 60.5 Å². The molecule has 0 unspecified atom stereocenters. The van der Waals surface area contributed by atoms with Gasteiger partial charge in [0.2, 0.25) is 5.95 Å². The molecule has 1 aromatic heterocycles. The molecule has 4 rings (SSSR count). The van der Waals surface area contributed by atoms with Gasteiger partial charge in [0, 0.05) is 25.3 Å². The molecule has 0 radical (unpaired) electrons. The Labute approximate surface area is 162 Å². The molecule has 1 amide bonds. The lowest BCUT2D eigenvalue weighted by Gasteiger charge is -2.41. The minimum Gasteiger partial charge on any atom is -0.351 e. The van der Waals surface area contributed by atoms with E-state index in [1.165, 1.54) is 11.3 Å². The Balaban J connectivity index is 1.54. The van der Waals surface area contributed by atoms with Crippen LogP contribution in [0.5, 0.6) is 0 Å². The minimum absolute atomic E-state index is 0.0103. The molecule has 28 heavy (non-hydrogen) atoms. The van der Waals surface area contributed by atoms with Gasteiger partial charge in [0.15, 0.2) is 5.69 Å². The van der Waals surface area contributed by atoms with Gasteiger partial charge in [0.1, 0.15) is 0 Å². The van der Waals surface area contributed by atoms with E-state index in [9.17, 15) is 27.1 Å². The first kappa shape index (κ1) is 19.7. The largest absolute Gasteiger partial charge is 0.434 e. The van der Waals surface area contributed by atoms with Crippen molar-refractivity contribution in [3.63, 3.8) is 0 Å². The summed E-state index contributed by atoms with van der Waals surface area (Å²) in [5.74, 6) is 0.0486. The molecule has 3 atom stereocenters. The highest BCUT2D eigenvalue weighted by molar-refractivity contribution is 8.24. The first-order valence-electron chi connectivity index (χ1n) is 9.36. The van der Waals surface area contributed by atoms with Gasteiger partial charge in [-0.3, -0.25) is 13.9 Å². The van der Waals surface area contributed by atoms with Gasteiger partial charge in [-0.25, -0.2) is 9.97 Å². The number of nitrogens with one attached hydrogen (secondary N) is 1. The number of nitrogens with zero attached hydrogens (tertiary/aromatic N) is 3. The van der Waals surface area contributed by atoms with Crippen molar-refractivity contribution in [2.45, 2.75) is 37.9 Å². The second-order valence-corrected chi connectivity index (χ2v) is 10.3. The van der Waals surface area contributed by atoms with Crippen molar-refractivity contribution in [2.24, 2.45) is 11.8 Å². The highest BCUT2D eigenvalue weighted by Gasteiger charge is 2.42. The van der Waals surface area contributed by atoms with Crippen molar-refractivity contribution in [1.82, 2.24) is 14.9 Å². The van der Waals surface area contributed by atoms with Gasteiger partial charge in [0.25, 0.3) is 5.91 Å². The normalized spacial score (nSPS) is 30.3. The van der Waals surface area contributed by atoms with E-state index in [0.717, 1.165) is 25.5 Å². The molecule has 11 heteroatoms. The Hall–Kier alpha value is -1.59. The number of carbonyl (C=O) groups is 1. The third-order valence-electron chi connectivity index (χ3n) is 6.00. The van der Waals surface area contributed by atoms with Crippen molar-refractivity contribution in [2.75, 3.05) is 29.9 Å². The second-order valence-electron chi connectivity index (χ2n) is 7.88. The lowest BCUT2D eigenvalue weighted by Crippen LogP contribution is -2.43. The Morgan fingerprint density at radius 3 is 2.50 bits per heavy atom. The molecule has 0 aromatic carbocycles. The monoisotopic (exact) mass is 420 g/mol. The molecule has 156 valence electrons. The lowest BCUT2D eigenvalue weighted by atomic mass is 9.95. The topological polar surface area (TPSA) is 98.6 Å². The van der Waals surface area contributed by atoms with Gasteiger partial charge in [-0.1, -0.05) is 6.42 Å². The zero-order valence-corrected chi connectivity index (χ0v) is 16.0. The van der Waals surface area contributed by atoms with E-state index in [4.69, 9.17) is 0 Å². The molecule has 3 aliphatic rings. The SMILES string of the molecule is O=C(c1cnc(N[C@H]2C[C@@H]3CC[C@H]2C3)nc1C(F)(F)F)N1CCS(O)(O)CC1. The summed E-state index contributed by atoms with van der Waals surface area (Å²) in [7, 11) is -2.75. The van der Waals surface area contributed by atoms with Gasteiger partial charge < -0.3 is 10.2 Å². The van der Waals surface area contributed by atoms with E-state index in [1.807, 2.05) is 0 Å². The number of amides is 1. The fourth-order valence-corrected chi connectivity index (χ4v) is 5.74. The zero-order valence-electron chi connectivity index (χ0n) is 15.2. The van der Waals surface area contributed by atoms with Crippen LogP contribution in [0, 0.1) is 11.8 Å². The number of aromatic nitrogens is 2. The summed E-state index contributed by atoms with van der Waals surface area (Å²) in [5, 5.41) is 3.03. The Morgan fingerprint density at radius 1 is 1.21 bits per heavy atom. The van der Waals surface area contributed by atoms with Crippen LogP contribution >= 0.6 is 10.6 Å². The molecule has 2 heterocycles. The summed E-state index contributed by atoms with van der Waals surface area (Å²) in [6.07, 6.45) is 0.382. The van der Waals surface area contributed by atoms with E-state index >= 15 is 0 Å². The number of anilines is 1. The third kappa shape index (κ3) is 3.92. The van der Waals surface area contributed by atoms with E-state index in [2.05, 4.69) is 15.3 Å². The summed E-state index contributed by atoms with van der Waals surface area (Å²) in [4.78, 5) is 21.4. The van der Waals surface area contributed by atoms with Gasteiger partial charge >= 0.3 is 6.18 Å². The number of rotatable bonds is 3. The molecular weight excluding hydrogens is 397 g/mol. The molecule has 2 aliphatic carbocycles. The van der Waals surface area contributed by atoms with Crippen LogP contribution in [-0.2, 0) is 6.18 Å². The predicted molar refractivity (Wildman–Crippen MR) is 98.4 cm³/mol. The Kier molecular flexibility index (Phi) is 4.95. The smallest absolute Gasteiger partial charge is 0.351 e. The summed E-state index contributed by atoms with van der Waals surface area (Å²) in [6.45, 7) is -0.0206. The zero-order chi connectivity index (χ0) is 20.1. The molecule has 7 nitrogen and oxygen atoms in total. The number of halogens is 3. The lowest BCUT2D eigenvalue weighted by molar-refractivity contribution is -0.141. The van der Waals surface area contributed by atoms with Gasteiger partial charge in [-0.15, -0.1) is 0 Å². The van der Waals surface area contributed by atoms with E-state index in [-0.39, 0.29) is 36.6 Å². The average Bonchev–Trinajstić information content (AvgIpc) is 3.23. The summed E-state index contributed by atoms with van der Waals surface area (Å²) in [6, 6.07) is 0.0775. The number of carbonyl (C=O) groups excluding carboxylic acids is 1. The molecule has 3 fully saturated rings. The quantitative estimate of drug-likeness (QED) is 0.694. The highest BCUT2D eigenvalue weighted by atomic mass is 32.3. The van der Waals surface area contributed by atoms with E-state index < -0.39 is 33.9 Å². The first-order valence-corrected chi connectivity index (χ1v) is 11.2. The second kappa shape index (κ2) is 7.03. The molecule has 2 saturated carbocycles. The molecule has 1 aliphatic heterocycles. The summed E-state index contributed by atoms with van der Waals surface area (Å²) < 4.78 is 60.0.